The molecule has 10 heteroatoms. The highest BCUT2D eigenvalue weighted by Gasteiger charge is 2.46. The Hall–Kier alpha value is -3.95. The number of hydrogen-bond acceptors (Lipinski definition) is 5. The molecule has 1 atom stereocenters. The molecule has 0 N–H and O–H groups in total. The summed E-state index contributed by atoms with van der Waals surface area (Å²) in [5.41, 5.74) is 5.39. The molecule has 1 saturated carbocycles. The number of rotatable bonds is 5. The second kappa shape index (κ2) is 7.79. The normalized spacial score (nSPS) is 17.5. The number of imidazole rings is 2. The van der Waals surface area contributed by atoms with E-state index >= 15 is 0 Å². The van der Waals surface area contributed by atoms with E-state index in [4.69, 9.17) is 9.47 Å². The molecule has 1 unspecified atom stereocenters. The third-order valence-corrected chi connectivity index (χ3v) is 6.77. The number of methoxy groups -OCH3 is 2. The number of benzene rings is 2. The minimum Gasteiger partial charge on any atom is -0.497 e. The Morgan fingerprint density at radius 3 is 2.60 bits per heavy atom. The van der Waals surface area contributed by atoms with Crippen LogP contribution in [0.25, 0.3) is 38.9 Å². The van der Waals surface area contributed by atoms with Crippen LogP contribution in [0.5, 0.6) is 11.8 Å². The van der Waals surface area contributed by atoms with Crippen molar-refractivity contribution in [1.82, 2.24) is 28.9 Å². The number of alkyl halides is 2. The standard InChI is InChI=1S/C25H24F2N6O2/c1-31-13-16(12-29-31)15-6-7-19-18(9-15)28-14-32(19)20-10-17(34-2)11-21-23(20)30-24(35-3)33(21)22-5-4-8-25(22,26)27/h6-7,9-14,22H,4-5,8H2,1-3H3. The first-order chi connectivity index (χ1) is 16.9. The number of halogens is 2. The van der Waals surface area contributed by atoms with Gasteiger partial charge in [0.25, 0.3) is 11.9 Å². The fraction of sp³-hybridized carbons (Fsp3) is 0.320. The van der Waals surface area contributed by atoms with Gasteiger partial charge >= 0.3 is 0 Å². The van der Waals surface area contributed by atoms with Gasteiger partial charge in [-0.2, -0.15) is 10.1 Å². The fourth-order valence-electron chi connectivity index (χ4n) is 5.06. The molecular weight excluding hydrogens is 454 g/mol. The molecule has 0 saturated heterocycles. The van der Waals surface area contributed by atoms with Gasteiger partial charge in [-0.05, 0) is 30.5 Å². The van der Waals surface area contributed by atoms with E-state index < -0.39 is 12.0 Å². The molecule has 3 heterocycles. The lowest BCUT2D eigenvalue weighted by Crippen LogP contribution is -2.25. The van der Waals surface area contributed by atoms with E-state index in [0.717, 1.165) is 22.2 Å². The van der Waals surface area contributed by atoms with Crippen LogP contribution in [0.4, 0.5) is 8.78 Å². The van der Waals surface area contributed by atoms with Gasteiger partial charge in [0.1, 0.15) is 23.6 Å². The summed E-state index contributed by atoms with van der Waals surface area (Å²) < 4.78 is 45.8. The summed E-state index contributed by atoms with van der Waals surface area (Å²) in [5, 5.41) is 4.24. The molecule has 1 fully saturated rings. The van der Waals surface area contributed by atoms with Crippen molar-refractivity contribution in [2.24, 2.45) is 7.05 Å². The minimum absolute atomic E-state index is 0.150. The van der Waals surface area contributed by atoms with Gasteiger partial charge in [0.05, 0.1) is 42.7 Å². The first-order valence-corrected chi connectivity index (χ1v) is 11.4. The van der Waals surface area contributed by atoms with Gasteiger partial charge in [-0.25, -0.2) is 13.8 Å². The van der Waals surface area contributed by atoms with Crippen molar-refractivity contribution >= 4 is 22.1 Å². The van der Waals surface area contributed by atoms with E-state index in [0.29, 0.717) is 35.3 Å². The lowest BCUT2D eigenvalue weighted by Gasteiger charge is -2.22. The van der Waals surface area contributed by atoms with Gasteiger partial charge in [0.15, 0.2) is 0 Å². The smallest absolute Gasteiger partial charge is 0.297 e. The summed E-state index contributed by atoms with van der Waals surface area (Å²) >= 11 is 0. The van der Waals surface area contributed by atoms with Crippen molar-refractivity contribution in [3.63, 3.8) is 0 Å². The molecule has 1 aliphatic rings. The van der Waals surface area contributed by atoms with Crippen LogP contribution in [0, 0.1) is 0 Å². The Kier molecular flexibility index (Phi) is 4.80. The molecule has 0 radical (unpaired) electrons. The highest BCUT2D eigenvalue weighted by atomic mass is 19.3. The number of aryl methyl sites for hydroxylation is 1. The minimum atomic E-state index is -2.84. The molecule has 0 bridgehead atoms. The second-order valence-electron chi connectivity index (χ2n) is 8.87. The highest BCUT2D eigenvalue weighted by Crippen LogP contribution is 2.47. The van der Waals surface area contributed by atoms with Crippen LogP contribution >= 0.6 is 0 Å². The predicted molar refractivity (Wildman–Crippen MR) is 128 cm³/mol. The molecule has 6 rings (SSSR count). The molecule has 0 aliphatic heterocycles. The zero-order valence-electron chi connectivity index (χ0n) is 19.6. The van der Waals surface area contributed by atoms with E-state index in [1.54, 1.807) is 24.2 Å². The van der Waals surface area contributed by atoms with Crippen molar-refractivity contribution < 1.29 is 18.3 Å². The van der Waals surface area contributed by atoms with Crippen LogP contribution in [-0.4, -0.2) is 49.0 Å². The average Bonchev–Trinajstić information content (AvgIpc) is 3.62. The van der Waals surface area contributed by atoms with E-state index in [9.17, 15) is 8.78 Å². The number of nitrogens with zero attached hydrogens (tertiary/aromatic N) is 6. The molecular formula is C25H24F2N6O2. The van der Waals surface area contributed by atoms with E-state index in [-0.39, 0.29) is 12.4 Å². The van der Waals surface area contributed by atoms with Crippen LogP contribution in [0.2, 0.25) is 0 Å². The van der Waals surface area contributed by atoms with Crippen LogP contribution in [0.3, 0.4) is 0 Å². The van der Waals surface area contributed by atoms with Crippen molar-refractivity contribution in [1.29, 1.82) is 0 Å². The van der Waals surface area contributed by atoms with Gasteiger partial charge < -0.3 is 9.47 Å². The molecule has 1 aliphatic carbocycles. The number of aromatic nitrogens is 6. The van der Waals surface area contributed by atoms with Crippen molar-refractivity contribution in [2.75, 3.05) is 14.2 Å². The summed E-state index contributed by atoms with van der Waals surface area (Å²) in [4.78, 5) is 9.25. The van der Waals surface area contributed by atoms with Gasteiger partial charge in [-0.15, -0.1) is 0 Å². The zero-order chi connectivity index (χ0) is 24.3. The van der Waals surface area contributed by atoms with Gasteiger partial charge in [-0.3, -0.25) is 13.8 Å². The molecule has 5 aromatic rings. The molecule has 35 heavy (non-hydrogen) atoms. The third-order valence-electron chi connectivity index (χ3n) is 6.77. The van der Waals surface area contributed by atoms with Gasteiger partial charge in [-0.1, -0.05) is 6.07 Å². The molecule has 8 nitrogen and oxygen atoms in total. The number of fused-ring (bicyclic) bond motifs is 2. The summed E-state index contributed by atoms with van der Waals surface area (Å²) in [6.45, 7) is 0. The van der Waals surface area contributed by atoms with Crippen LogP contribution in [0.15, 0.2) is 49.1 Å². The first-order valence-electron chi connectivity index (χ1n) is 11.4. The number of ether oxygens (including phenoxy) is 2. The summed E-state index contributed by atoms with van der Waals surface area (Å²) in [5.74, 6) is -2.30. The van der Waals surface area contributed by atoms with Gasteiger partial charge in [0, 0.05) is 37.4 Å². The largest absolute Gasteiger partial charge is 0.497 e. The molecule has 3 aromatic heterocycles. The second-order valence-corrected chi connectivity index (χ2v) is 8.87. The Morgan fingerprint density at radius 2 is 1.91 bits per heavy atom. The Bertz CT molecular complexity index is 1570. The van der Waals surface area contributed by atoms with Crippen molar-refractivity contribution in [3.05, 3.63) is 49.1 Å². The first kappa shape index (κ1) is 21.6. The topological polar surface area (TPSA) is 71.9 Å². The van der Waals surface area contributed by atoms with E-state index in [1.807, 2.05) is 48.3 Å². The highest BCUT2D eigenvalue weighted by molar-refractivity contribution is 5.91. The molecule has 180 valence electrons. The Morgan fingerprint density at radius 1 is 1.06 bits per heavy atom. The Labute approximate surface area is 199 Å². The summed E-state index contributed by atoms with van der Waals surface area (Å²) in [6, 6.07) is 8.69. The Balaban J connectivity index is 1.55. The maximum absolute atomic E-state index is 14.8. The van der Waals surface area contributed by atoms with Crippen LogP contribution in [-0.2, 0) is 7.05 Å². The summed E-state index contributed by atoms with van der Waals surface area (Å²) in [7, 11) is 4.88. The number of hydrogen-bond donors (Lipinski definition) is 0. The summed E-state index contributed by atoms with van der Waals surface area (Å²) in [6.07, 6.45) is 6.11. The van der Waals surface area contributed by atoms with Gasteiger partial charge in [0.2, 0.25) is 0 Å². The average molecular weight is 479 g/mol. The molecule has 0 spiro atoms. The monoisotopic (exact) mass is 478 g/mol. The fourth-order valence-corrected chi connectivity index (χ4v) is 5.06. The van der Waals surface area contributed by atoms with Crippen molar-refractivity contribution in [3.8, 4) is 28.6 Å². The lowest BCUT2D eigenvalue weighted by atomic mass is 10.1. The lowest BCUT2D eigenvalue weighted by molar-refractivity contribution is -0.0313. The van der Waals surface area contributed by atoms with E-state index in [2.05, 4.69) is 15.1 Å². The quantitative estimate of drug-likeness (QED) is 0.349. The van der Waals surface area contributed by atoms with E-state index in [1.165, 1.54) is 11.7 Å². The third kappa shape index (κ3) is 3.35. The molecule has 2 aromatic carbocycles. The molecule has 0 amide bonds. The zero-order valence-corrected chi connectivity index (χ0v) is 19.6. The SMILES string of the molecule is COc1cc(-n2cnc3cc(-c4cnn(C)c4)ccc32)c2nc(OC)n(C3CCCC3(F)F)c2c1. The van der Waals surface area contributed by atoms with Crippen LogP contribution in [0.1, 0.15) is 25.3 Å². The maximum Gasteiger partial charge on any atom is 0.297 e. The van der Waals surface area contributed by atoms with Crippen molar-refractivity contribution in [2.45, 2.75) is 31.2 Å². The van der Waals surface area contributed by atoms with Crippen LogP contribution < -0.4 is 9.47 Å². The maximum atomic E-state index is 14.8. The predicted octanol–water partition coefficient (Wildman–Crippen LogP) is 5.15.